The number of anilines is 1. The molecule has 0 unspecified atom stereocenters. The van der Waals surface area contributed by atoms with Crippen LogP contribution in [0.2, 0.25) is 5.02 Å². The zero-order valence-electron chi connectivity index (χ0n) is 19.4. The molecular formula is C27H29ClN2O2S. The summed E-state index contributed by atoms with van der Waals surface area (Å²) < 4.78 is 5.24. The van der Waals surface area contributed by atoms with E-state index < -0.39 is 0 Å². The smallest absolute Gasteiger partial charge is 0.259 e. The van der Waals surface area contributed by atoms with Crippen molar-refractivity contribution < 1.29 is 9.53 Å². The predicted octanol–water partition coefficient (Wildman–Crippen LogP) is 7.56. The molecule has 6 heteroatoms. The lowest BCUT2D eigenvalue weighted by atomic mass is 9.72. The molecule has 1 aliphatic rings. The first-order valence-corrected chi connectivity index (χ1v) is 12.3. The minimum atomic E-state index is -0.104. The topological polar surface area (TPSA) is 50.7 Å². The van der Waals surface area contributed by atoms with Gasteiger partial charge in [-0.25, -0.2) is 4.99 Å². The summed E-state index contributed by atoms with van der Waals surface area (Å²) in [6.45, 7) is 6.89. The van der Waals surface area contributed by atoms with Gasteiger partial charge in [0.25, 0.3) is 5.91 Å². The van der Waals surface area contributed by atoms with Gasteiger partial charge in [-0.2, -0.15) is 0 Å². The van der Waals surface area contributed by atoms with Crippen LogP contribution in [0.3, 0.4) is 0 Å². The van der Waals surface area contributed by atoms with Gasteiger partial charge in [0, 0.05) is 16.8 Å². The van der Waals surface area contributed by atoms with E-state index in [1.165, 1.54) is 4.88 Å². The van der Waals surface area contributed by atoms with Crippen LogP contribution < -0.4 is 10.1 Å². The molecule has 0 aliphatic heterocycles. The maximum absolute atomic E-state index is 13.4. The van der Waals surface area contributed by atoms with Crippen molar-refractivity contribution in [2.75, 3.05) is 12.4 Å². The maximum Gasteiger partial charge on any atom is 0.259 e. The zero-order valence-corrected chi connectivity index (χ0v) is 21.0. The Labute approximate surface area is 204 Å². The van der Waals surface area contributed by atoms with Gasteiger partial charge in [0.15, 0.2) is 0 Å². The van der Waals surface area contributed by atoms with Crippen LogP contribution >= 0.6 is 22.9 Å². The Bertz CT molecular complexity index is 1180. The molecule has 0 spiro atoms. The molecule has 0 fully saturated rings. The number of nitrogens with one attached hydrogen (secondary N) is 1. The van der Waals surface area contributed by atoms with Crippen LogP contribution in [0.25, 0.3) is 0 Å². The van der Waals surface area contributed by atoms with Crippen LogP contribution in [0.1, 0.15) is 53.6 Å². The van der Waals surface area contributed by atoms with Gasteiger partial charge >= 0.3 is 0 Å². The van der Waals surface area contributed by atoms with E-state index in [0.29, 0.717) is 22.3 Å². The number of nitrogens with zero attached hydrogens (tertiary/aromatic N) is 1. The van der Waals surface area contributed by atoms with Crippen LogP contribution in [0.5, 0.6) is 5.75 Å². The summed E-state index contributed by atoms with van der Waals surface area (Å²) in [5.41, 5.74) is 3.71. The highest BCUT2D eigenvalue weighted by Gasteiger charge is 2.33. The molecule has 1 atom stereocenters. The van der Waals surface area contributed by atoms with Gasteiger partial charge in [0.1, 0.15) is 10.8 Å². The summed E-state index contributed by atoms with van der Waals surface area (Å²) in [6.07, 6.45) is 4.73. The molecule has 1 N–H and O–H groups in total. The number of rotatable bonds is 5. The summed E-state index contributed by atoms with van der Waals surface area (Å²) >= 11 is 7.91. The van der Waals surface area contributed by atoms with E-state index in [9.17, 15) is 4.79 Å². The van der Waals surface area contributed by atoms with Crippen molar-refractivity contribution in [2.45, 2.75) is 40.0 Å². The van der Waals surface area contributed by atoms with E-state index in [2.05, 4.69) is 26.1 Å². The second-order valence-corrected chi connectivity index (χ2v) is 11.0. The molecule has 33 heavy (non-hydrogen) atoms. The molecule has 0 radical (unpaired) electrons. The zero-order chi connectivity index (χ0) is 23.6. The van der Waals surface area contributed by atoms with Crippen LogP contribution in [0, 0.1) is 11.3 Å². The maximum atomic E-state index is 13.4. The van der Waals surface area contributed by atoms with Gasteiger partial charge < -0.3 is 10.1 Å². The molecule has 4 rings (SSSR count). The number of para-hydroxylation sites is 1. The predicted molar refractivity (Wildman–Crippen MR) is 139 cm³/mol. The fourth-order valence-corrected chi connectivity index (χ4v) is 5.78. The summed E-state index contributed by atoms with van der Waals surface area (Å²) in [4.78, 5) is 19.4. The highest BCUT2D eigenvalue weighted by atomic mass is 35.5. The van der Waals surface area contributed by atoms with Crippen molar-refractivity contribution in [3.63, 3.8) is 0 Å². The Morgan fingerprint density at radius 1 is 1.21 bits per heavy atom. The van der Waals surface area contributed by atoms with Crippen molar-refractivity contribution >= 4 is 45.7 Å². The van der Waals surface area contributed by atoms with E-state index in [1.807, 2.05) is 48.5 Å². The van der Waals surface area contributed by atoms with E-state index in [0.717, 1.165) is 41.1 Å². The molecule has 2 aromatic carbocycles. The Hall–Kier alpha value is -2.63. The lowest BCUT2D eigenvalue weighted by Crippen LogP contribution is -2.27. The van der Waals surface area contributed by atoms with Crippen molar-refractivity contribution in [1.29, 1.82) is 0 Å². The average Bonchev–Trinajstić information content (AvgIpc) is 3.15. The number of hydrogen-bond acceptors (Lipinski definition) is 4. The van der Waals surface area contributed by atoms with Crippen LogP contribution in [0.4, 0.5) is 10.7 Å². The number of amides is 1. The summed E-state index contributed by atoms with van der Waals surface area (Å²) in [7, 11) is 1.59. The van der Waals surface area contributed by atoms with Gasteiger partial charge in [-0.3, -0.25) is 4.79 Å². The molecule has 1 amide bonds. The normalized spacial score (nSPS) is 16.0. The number of aliphatic imine (C=N–C) groups is 1. The third-order valence-corrected chi connectivity index (χ3v) is 7.69. The van der Waals surface area contributed by atoms with Crippen LogP contribution in [-0.2, 0) is 12.8 Å². The Morgan fingerprint density at radius 2 is 1.97 bits per heavy atom. The van der Waals surface area contributed by atoms with Crippen LogP contribution in [-0.4, -0.2) is 19.2 Å². The molecule has 1 aliphatic carbocycles. The molecule has 3 aromatic rings. The van der Waals surface area contributed by atoms with E-state index in [4.69, 9.17) is 21.3 Å². The first-order valence-electron chi connectivity index (χ1n) is 11.1. The van der Waals surface area contributed by atoms with Crippen molar-refractivity contribution in [1.82, 2.24) is 0 Å². The first-order chi connectivity index (χ1) is 15.8. The highest BCUT2D eigenvalue weighted by molar-refractivity contribution is 7.16. The van der Waals surface area contributed by atoms with Crippen molar-refractivity contribution in [3.05, 3.63) is 75.1 Å². The van der Waals surface area contributed by atoms with Gasteiger partial charge in [0.2, 0.25) is 0 Å². The number of methoxy groups -OCH3 is 1. The first kappa shape index (κ1) is 23.5. The lowest BCUT2D eigenvalue weighted by Gasteiger charge is -2.33. The average molecular weight is 481 g/mol. The number of thiophene rings is 1. The largest absolute Gasteiger partial charge is 0.495 e. The van der Waals surface area contributed by atoms with Gasteiger partial charge in [-0.15, -0.1) is 11.3 Å². The number of benzene rings is 2. The van der Waals surface area contributed by atoms with Crippen molar-refractivity contribution in [3.8, 4) is 5.75 Å². The van der Waals surface area contributed by atoms with E-state index >= 15 is 0 Å². The molecule has 172 valence electrons. The Balaban J connectivity index is 1.70. The second-order valence-electron chi connectivity index (χ2n) is 9.46. The SMILES string of the molecule is COc1ccc(C=Nc2sc3c(c2C(=O)Nc2ccccc2)CC[C@@H](C(C)(C)C)C3)cc1Cl. The standard InChI is InChI=1S/C27H29ClN2O2S/c1-27(2,3)18-11-12-20-23(15-18)33-26(24(20)25(31)30-19-8-6-5-7-9-19)29-16-17-10-13-22(32-4)21(28)14-17/h5-10,13-14,16,18H,11-12,15H2,1-4H3,(H,30,31)/t18-/m1/s1. The van der Waals surface area contributed by atoms with E-state index in [-0.39, 0.29) is 11.3 Å². The molecular weight excluding hydrogens is 452 g/mol. The summed E-state index contributed by atoms with van der Waals surface area (Å²) in [6, 6.07) is 15.1. The number of carbonyl (C=O) groups excluding carboxylic acids is 1. The number of halogens is 1. The third kappa shape index (κ3) is 5.31. The molecule has 0 saturated carbocycles. The minimum absolute atomic E-state index is 0.104. The number of hydrogen-bond donors (Lipinski definition) is 1. The summed E-state index contributed by atoms with van der Waals surface area (Å²) in [5.74, 6) is 1.11. The minimum Gasteiger partial charge on any atom is -0.495 e. The van der Waals surface area contributed by atoms with Crippen molar-refractivity contribution in [2.24, 2.45) is 16.3 Å². The Kier molecular flexibility index (Phi) is 6.91. The molecule has 0 bridgehead atoms. The van der Waals surface area contributed by atoms with Gasteiger partial charge in [-0.1, -0.05) is 50.6 Å². The Morgan fingerprint density at radius 3 is 2.64 bits per heavy atom. The molecule has 4 nitrogen and oxygen atoms in total. The van der Waals surface area contributed by atoms with E-state index in [1.54, 1.807) is 24.7 Å². The summed E-state index contributed by atoms with van der Waals surface area (Å²) in [5, 5.41) is 4.33. The second kappa shape index (κ2) is 9.70. The molecule has 1 heterocycles. The van der Waals surface area contributed by atoms with Crippen LogP contribution in [0.15, 0.2) is 53.5 Å². The van der Waals surface area contributed by atoms with Gasteiger partial charge in [-0.05, 0) is 72.1 Å². The monoisotopic (exact) mass is 480 g/mol. The lowest BCUT2D eigenvalue weighted by molar-refractivity contribution is 0.102. The highest BCUT2D eigenvalue weighted by Crippen LogP contribution is 2.45. The third-order valence-electron chi connectivity index (χ3n) is 6.24. The van der Waals surface area contributed by atoms with Gasteiger partial charge in [0.05, 0.1) is 17.7 Å². The number of ether oxygens (including phenoxy) is 1. The molecule has 0 saturated heterocycles. The number of fused-ring (bicyclic) bond motifs is 1. The molecule has 1 aromatic heterocycles. The number of carbonyl (C=O) groups is 1. The quantitative estimate of drug-likeness (QED) is 0.383. The fraction of sp³-hybridized carbons (Fsp3) is 0.333. The fourth-order valence-electron chi connectivity index (χ4n) is 4.25.